The lowest BCUT2D eigenvalue weighted by Crippen LogP contribution is -2.39. The molecule has 2 unspecified atom stereocenters. The van der Waals surface area contributed by atoms with Crippen LogP contribution in [0.3, 0.4) is 0 Å². The van der Waals surface area contributed by atoms with Gasteiger partial charge in [-0.1, -0.05) is 27.2 Å². The molecule has 0 saturated carbocycles. The predicted octanol–water partition coefficient (Wildman–Crippen LogP) is 3.24. The van der Waals surface area contributed by atoms with E-state index in [9.17, 15) is 0 Å². The number of piperidine rings is 1. The molecule has 0 aliphatic carbocycles. The van der Waals surface area contributed by atoms with E-state index in [0.717, 1.165) is 44.3 Å². The van der Waals surface area contributed by atoms with Crippen LogP contribution in [0.4, 0.5) is 5.82 Å². The molecule has 1 aromatic heterocycles. The molecule has 1 aromatic rings. The van der Waals surface area contributed by atoms with E-state index >= 15 is 0 Å². The maximum Gasteiger partial charge on any atom is 0.129 e. The molecule has 0 bridgehead atoms. The molecule has 0 radical (unpaired) electrons. The third-order valence-electron chi connectivity index (χ3n) is 4.00. The molecule has 2 heterocycles. The summed E-state index contributed by atoms with van der Waals surface area (Å²) in [5, 5.41) is 3.25. The van der Waals surface area contributed by atoms with E-state index < -0.39 is 0 Å². The van der Waals surface area contributed by atoms with Gasteiger partial charge in [0.15, 0.2) is 0 Å². The zero-order valence-electron chi connectivity index (χ0n) is 13.4. The molecule has 3 nitrogen and oxygen atoms in total. The normalized spacial score (nSPS) is 23.1. The van der Waals surface area contributed by atoms with Gasteiger partial charge in [-0.25, -0.2) is 4.98 Å². The molecule has 2 rings (SSSR count). The van der Waals surface area contributed by atoms with E-state index in [1.165, 1.54) is 23.5 Å². The van der Waals surface area contributed by atoms with Gasteiger partial charge in [0.25, 0.3) is 0 Å². The summed E-state index contributed by atoms with van der Waals surface area (Å²) in [5.41, 5.74) is 2.59. The number of hydrogen-bond acceptors (Lipinski definition) is 3. The first-order valence-electron chi connectivity index (χ1n) is 8.01. The van der Waals surface area contributed by atoms with Crippen molar-refractivity contribution >= 4 is 5.82 Å². The fourth-order valence-electron chi connectivity index (χ4n) is 3.34. The van der Waals surface area contributed by atoms with Crippen LogP contribution < -0.4 is 10.2 Å². The highest BCUT2D eigenvalue weighted by atomic mass is 15.2. The van der Waals surface area contributed by atoms with E-state index in [1.807, 2.05) is 7.05 Å². The SMILES string of the molecule is CCCc1cc(CNC)cc(N2CC(C)CC(C)C2)n1. The summed E-state index contributed by atoms with van der Waals surface area (Å²) in [6.07, 6.45) is 3.57. The van der Waals surface area contributed by atoms with Crippen molar-refractivity contribution in [1.29, 1.82) is 0 Å². The Morgan fingerprint density at radius 3 is 2.55 bits per heavy atom. The van der Waals surface area contributed by atoms with Gasteiger partial charge in [0.05, 0.1) is 0 Å². The van der Waals surface area contributed by atoms with Crippen LogP contribution in [0.5, 0.6) is 0 Å². The molecule has 1 fully saturated rings. The van der Waals surface area contributed by atoms with Gasteiger partial charge in [-0.2, -0.15) is 0 Å². The Bertz CT molecular complexity index is 396. The maximum atomic E-state index is 4.90. The number of aromatic nitrogens is 1. The van der Waals surface area contributed by atoms with Crippen molar-refractivity contribution in [2.24, 2.45) is 11.8 Å². The molecule has 3 heteroatoms. The van der Waals surface area contributed by atoms with E-state index in [1.54, 1.807) is 0 Å². The third-order valence-corrected chi connectivity index (χ3v) is 4.00. The lowest BCUT2D eigenvalue weighted by atomic mass is 9.92. The second kappa shape index (κ2) is 7.07. The number of anilines is 1. The van der Waals surface area contributed by atoms with Gasteiger partial charge in [-0.05, 0) is 49.4 Å². The third kappa shape index (κ3) is 3.95. The second-order valence-electron chi connectivity index (χ2n) is 6.46. The molecule has 2 atom stereocenters. The maximum absolute atomic E-state index is 4.90. The Morgan fingerprint density at radius 1 is 1.25 bits per heavy atom. The molecule has 0 aromatic carbocycles. The summed E-state index contributed by atoms with van der Waals surface area (Å²) in [6, 6.07) is 4.51. The van der Waals surface area contributed by atoms with Gasteiger partial charge in [-0.3, -0.25) is 0 Å². The Hall–Kier alpha value is -1.09. The second-order valence-corrected chi connectivity index (χ2v) is 6.46. The first-order valence-corrected chi connectivity index (χ1v) is 8.01. The van der Waals surface area contributed by atoms with Crippen LogP contribution in [0.15, 0.2) is 12.1 Å². The quantitative estimate of drug-likeness (QED) is 0.894. The average Bonchev–Trinajstić information content (AvgIpc) is 2.38. The van der Waals surface area contributed by atoms with Crippen molar-refractivity contribution in [3.8, 4) is 0 Å². The first kappa shape index (κ1) is 15.3. The van der Waals surface area contributed by atoms with Gasteiger partial charge in [0.2, 0.25) is 0 Å². The van der Waals surface area contributed by atoms with Crippen LogP contribution >= 0.6 is 0 Å². The zero-order chi connectivity index (χ0) is 14.5. The van der Waals surface area contributed by atoms with Crippen LogP contribution in [0, 0.1) is 11.8 Å². The lowest BCUT2D eigenvalue weighted by Gasteiger charge is -2.36. The standard InChI is InChI=1S/C17H29N3/c1-5-6-16-8-15(10-18-4)9-17(19-16)20-11-13(2)7-14(3)12-20/h8-9,13-14,18H,5-7,10-12H2,1-4H3. The van der Waals surface area contributed by atoms with Crippen LogP contribution in [-0.4, -0.2) is 25.1 Å². The first-order chi connectivity index (χ1) is 9.62. The Balaban J connectivity index is 2.24. The van der Waals surface area contributed by atoms with Crippen molar-refractivity contribution in [3.63, 3.8) is 0 Å². The molecular weight excluding hydrogens is 246 g/mol. The fourth-order valence-corrected chi connectivity index (χ4v) is 3.34. The van der Waals surface area contributed by atoms with E-state index in [2.05, 4.69) is 43.1 Å². The minimum Gasteiger partial charge on any atom is -0.356 e. The number of pyridine rings is 1. The van der Waals surface area contributed by atoms with Crippen molar-refractivity contribution in [1.82, 2.24) is 10.3 Å². The van der Waals surface area contributed by atoms with Crippen molar-refractivity contribution < 1.29 is 0 Å². The van der Waals surface area contributed by atoms with Crippen LogP contribution in [-0.2, 0) is 13.0 Å². The summed E-state index contributed by atoms with van der Waals surface area (Å²) in [7, 11) is 2.00. The number of nitrogens with one attached hydrogen (secondary N) is 1. The van der Waals surface area contributed by atoms with Gasteiger partial charge < -0.3 is 10.2 Å². The average molecular weight is 275 g/mol. The van der Waals surface area contributed by atoms with Gasteiger partial charge >= 0.3 is 0 Å². The highest BCUT2D eigenvalue weighted by Gasteiger charge is 2.23. The summed E-state index contributed by atoms with van der Waals surface area (Å²) < 4.78 is 0. The van der Waals surface area contributed by atoms with Crippen molar-refractivity contribution in [2.45, 2.75) is 46.6 Å². The van der Waals surface area contributed by atoms with Crippen LogP contribution in [0.1, 0.15) is 44.9 Å². The summed E-state index contributed by atoms with van der Waals surface area (Å²) >= 11 is 0. The monoisotopic (exact) mass is 275 g/mol. The molecule has 0 spiro atoms. The van der Waals surface area contributed by atoms with Gasteiger partial charge in [0, 0.05) is 25.3 Å². The van der Waals surface area contributed by atoms with Gasteiger partial charge in [0.1, 0.15) is 5.82 Å². The minimum atomic E-state index is 0.767. The molecule has 20 heavy (non-hydrogen) atoms. The Morgan fingerprint density at radius 2 is 1.95 bits per heavy atom. The molecule has 0 amide bonds. The number of nitrogens with zero attached hydrogens (tertiary/aromatic N) is 2. The molecule has 1 aliphatic heterocycles. The Labute approximate surface area is 123 Å². The molecule has 1 N–H and O–H groups in total. The summed E-state index contributed by atoms with van der Waals surface area (Å²) in [4.78, 5) is 7.38. The van der Waals surface area contributed by atoms with E-state index in [4.69, 9.17) is 4.98 Å². The molecule has 112 valence electrons. The number of hydrogen-bond donors (Lipinski definition) is 1. The predicted molar refractivity (Wildman–Crippen MR) is 86.2 cm³/mol. The topological polar surface area (TPSA) is 28.2 Å². The zero-order valence-corrected chi connectivity index (χ0v) is 13.4. The number of aryl methyl sites for hydroxylation is 1. The van der Waals surface area contributed by atoms with Crippen LogP contribution in [0.2, 0.25) is 0 Å². The lowest BCUT2D eigenvalue weighted by molar-refractivity contribution is 0.355. The number of rotatable bonds is 5. The van der Waals surface area contributed by atoms with Crippen LogP contribution in [0.25, 0.3) is 0 Å². The Kier molecular flexibility index (Phi) is 5.41. The molecule has 1 saturated heterocycles. The van der Waals surface area contributed by atoms with Crippen molar-refractivity contribution in [3.05, 3.63) is 23.4 Å². The van der Waals surface area contributed by atoms with Gasteiger partial charge in [-0.15, -0.1) is 0 Å². The highest BCUT2D eigenvalue weighted by Crippen LogP contribution is 2.26. The minimum absolute atomic E-state index is 0.767. The van der Waals surface area contributed by atoms with E-state index in [-0.39, 0.29) is 0 Å². The largest absolute Gasteiger partial charge is 0.356 e. The smallest absolute Gasteiger partial charge is 0.129 e. The highest BCUT2D eigenvalue weighted by molar-refractivity contribution is 5.43. The molecular formula is C17H29N3. The summed E-state index contributed by atoms with van der Waals surface area (Å²) in [6.45, 7) is 10.1. The van der Waals surface area contributed by atoms with E-state index in [0.29, 0.717) is 0 Å². The van der Waals surface area contributed by atoms with Crippen molar-refractivity contribution in [2.75, 3.05) is 25.0 Å². The summed E-state index contributed by atoms with van der Waals surface area (Å²) in [5.74, 6) is 2.71. The molecule has 1 aliphatic rings. The fraction of sp³-hybridized carbons (Fsp3) is 0.706.